The van der Waals surface area contributed by atoms with Gasteiger partial charge in [-0.3, -0.25) is 0 Å². The highest BCUT2D eigenvalue weighted by Crippen LogP contribution is 2.30. The first kappa shape index (κ1) is 16.1. The number of nitrogens with zero attached hydrogens (tertiary/aromatic N) is 1. The standard InChI is InChI=1S/C13H18ClF3N2/c1-12(2,5-3-6-14)9-19-11-8-10(4-7-18-11)13(15,16)17/h4,7-8H,3,5-6,9H2,1-2H3,(H,18,19). The number of anilines is 1. The molecule has 1 aromatic rings. The first-order valence-electron chi connectivity index (χ1n) is 6.08. The maximum Gasteiger partial charge on any atom is 0.416 e. The van der Waals surface area contributed by atoms with E-state index in [0.29, 0.717) is 12.4 Å². The predicted octanol–water partition coefficient (Wildman–Crippen LogP) is 4.56. The Morgan fingerprint density at radius 3 is 2.58 bits per heavy atom. The minimum atomic E-state index is -4.34. The molecule has 0 atom stereocenters. The monoisotopic (exact) mass is 294 g/mol. The van der Waals surface area contributed by atoms with Crippen molar-refractivity contribution in [2.75, 3.05) is 17.7 Å². The molecule has 1 aromatic heterocycles. The van der Waals surface area contributed by atoms with Gasteiger partial charge in [0.05, 0.1) is 5.56 Å². The minimum absolute atomic E-state index is 0.0369. The van der Waals surface area contributed by atoms with Crippen molar-refractivity contribution in [3.8, 4) is 0 Å². The zero-order valence-corrected chi connectivity index (χ0v) is 11.8. The van der Waals surface area contributed by atoms with E-state index >= 15 is 0 Å². The second kappa shape index (κ2) is 6.46. The number of nitrogens with one attached hydrogen (secondary N) is 1. The average molecular weight is 295 g/mol. The largest absolute Gasteiger partial charge is 0.416 e. The van der Waals surface area contributed by atoms with Crippen molar-refractivity contribution in [3.63, 3.8) is 0 Å². The van der Waals surface area contributed by atoms with Crippen molar-refractivity contribution in [2.45, 2.75) is 32.9 Å². The second-order valence-corrected chi connectivity index (χ2v) is 5.62. The summed E-state index contributed by atoms with van der Waals surface area (Å²) in [6.45, 7) is 4.64. The van der Waals surface area contributed by atoms with Crippen LogP contribution in [0.15, 0.2) is 18.3 Å². The van der Waals surface area contributed by atoms with Crippen molar-refractivity contribution < 1.29 is 13.2 Å². The molecular weight excluding hydrogens is 277 g/mol. The Balaban J connectivity index is 2.63. The maximum atomic E-state index is 12.5. The molecule has 19 heavy (non-hydrogen) atoms. The molecule has 0 aromatic carbocycles. The lowest BCUT2D eigenvalue weighted by Crippen LogP contribution is -2.23. The Hall–Kier alpha value is -0.970. The zero-order chi connectivity index (χ0) is 14.5. The van der Waals surface area contributed by atoms with Crippen molar-refractivity contribution in [3.05, 3.63) is 23.9 Å². The molecule has 0 unspecified atom stereocenters. The van der Waals surface area contributed by atoms with Crippen LogP contribution in [0, 0.1) is 5.41 Å². The van der Waals surface area contributed by atoms with Gasteiger partial charge in [0.2, 0.25) is 0 Å². The highest BCUT2D eigenvalue weighted by molar-refractivity contribution is 6.17. The van der Waals surface area contributed by atoms with Crippen LogP contribution in [-0.4, -0.2) is 17.4 Å². The zero-order valence-electron chi connectivity index (χ0n) is 11.0. The van der Waals surface area contributed by atoms with Crippen LogP contribution < -0.4 is 5.32 Å². The second-order valence-electron chi connectivity index (χ2n) is 5.24. The van der Waals surface area contributed by atoms with Gasteiger partial charge in [-0.1, -0.05) is 13.8 Å². The Bertz CT molecular complexity index is 405. The molecule has 0 aliphatic carbocycles. The van der Waals surface area contributed by atoms with E-state index < -0.39 is 11.7 Å². The molecule has 1 N–H and O–H groups in total. The van der Waals surface area contributed by atoms with Gasteiger partial charge in [0.1, 0.15) is 5.82 Å². The van der Waals surface area contributed by atoms with E-state index in [2.05, 4.69) is 10.3 Å². The maximum absolute atomic E-state index is 12.5. The fourth-order valence-electron chi connectivity index (χ4n) is 1.67. The van der Waals surface area contributed by atoms with E-state index in [9.17, 15) is 13.2 Å². The van der Waals surface area contributed by atoms with E-state index in [1.165, 1.54) is 0 Å². The molecule has 1 heterocycles. The minimum Gasteiger partial charge on any atom is -0.370 e. The van der Waals surface area contributed by atoms with E-state index in [-0.39, 0.29) is 11.2 Å². The van der Waals surface area contributed by atoms with Crippen molar-refractivity contribution in [1.82, 2.24) is 4.98 Å². The van der Waals surface area contributed by atoms with Gasteiger partial charge in [0, 0.05) is 18.6 Å². The van der Waals surface area contributed by atoms with E-state index in [0.717, 1.165) is 31.2 Å². The summed E-state index contributed by atoms with van der Waals surface area (Å²) in [5.74, 6) is 0.833. The van der Waals surface area contributed by atoms with Gasteiger partial charge in [-0.2, -0.15) is 13.2 Å². The van der Waals surface area contributed by atoms with Crippen molar-refractivity contribution in [2.24, 2.45) is 5.41 Å². The van der Waals surface area contributed by atoms with E-state index in [4.69, 9.17) is 11.6 Å². The number of rotatable bonds is 6. The van der Waals surface area contributed by atoms with Gasteiger partial charge in [0.25, 0.3) is 0 Å². The van der Waals surface area contributed by atoms with Gasteiger partial charge in [0.15, 0.2) is 0 Å². The van der Waals surface area contributed by atoms with Crippen molar-refractivity contribution >= 4 is 17.4 Å². The predicted molar refractivity (Wildman–Crippen MR) is 71.5 cm³/mol. The fourth-order valence-corrected chi connectivity index (χ4v) is 1.80. The summed E-state index contributed by atoms with van der Waals surface area (Å²) in [7, 11) is 0. The Morgan fingerprint density at radius 2 is 2.00 bits per heavy atom. The molecule has 2 nitrogen and oxygen atoms in total. The fraction of sp³-hybridized carbons (Fsp3) is 0.615. The van der Waals surface area contributed by atoms with Crippen LogP contribution in [0.5, 0.6) is 0 Å². The number of hydrogen-bond donors (Lipinski definition) is 1. The first-order chi connectivity index (χ1) is 8.74. The van der Waals surface area contributed by atoms with Gasteiger partial charge in [-0.15, -0.1) is 11.6 Å². The lowest BCUT2D eigenvalue weighted by molar-refractivity contribution is -0.137. The number of pyridine rings is 1. The Labute approximate surface area is 116 Å². The number of aromatic nitrogens is 1. The summed E-state index contributed by atoms with van der Waals surface area (Å²) < 4.78 is 37.6. The third kappa shape index (κ3) is 5.68. The normalized spacial score (nSPS) is 12.5. The summed E-state index contributed by atoms with van der Waals surface area (Å²) in [5.41, 5.74) is -0.728. The molecule has 0 saturated heterocycles. The van der Waals surface area contributed by atoms with E-state index in [1.807, 2.05) is 13.8 Å². The molecule has 0 saturated carbocycles. The highest BCUT2D eigenvalue weighted by Gasteiger charge is 2.30. The van der Waals surface area contributed by atoms with Gasteiger partial charge >= 0.3 is 6.18 Å². The third-order valence-electron chi connectivity index (χ3n) is 2.82. The van der Waals surface area contributed by atoms with Crippen molar-refractivity contribution in [1.29, 1.82) is 0 Å². The van der Waals surface area contributed by atoms with Crippen LogP contribution in [0.3, 0.4) is 0 Å². The molecule has 0 bridgehead atoms. The Morgan fingerprint density at radius 1 is 1.32 bits per heavy atom. The quantitative estimate of drug-likeness (QED) is 0.778. The topological polar surface area (TPSA) is 24.9 Å². The van der Waals surface area contributed by atoms with E-state index in [1.54, 1.807) is 0 Å². The van der Waals surface area contributed by atoms with Crippen LogP contribution in [0.4, 0.5) is 19.0 Å². The molecule has 0 aliphatic heterocycles. The highest BCUT2D eigenvalue weighted by atomic mass is 35.5. The molecular formula is C13H18ClF3N2. The molecule has 0 fully saturated rings. The van der Waals surface area contributed by atoms with Crippen LogP contribution in [0.2, 0.25) is 0 Å². The first-order valence-corrected chi connectivity index (χ1v) is 6.61. The molecule has 0 aliphatic rings. The summed E-state index contributed by atoms with van der Waals surface area (Å²) in [6.07, 6.45) is -1.39. The lowest BCUT2D eigenvalue weighted by Gasteiger charge is -2.25. The molecule has 6 heteroatoms. The lowest BCUT2D eigenvalue weighted by atomic mass is 9.88. The average Bonchev–Trinajstić information content (AvgIpc) is 2.34. The SMILES string of the molecule is CC(C)(CCCCl)CNc1cc(C(F)(F)F)ccn1. The Kier molecular flexibility index (Phi) is 5.47. The van der Waals surface area contributed by atoms with Gasteiger partial charge < -0.3 is 5.32 Å². The van der Waals surface area contributed by atoms with Crippen LogP contribution in [0.1, 0.15) is 32.3 Å². The molecule has 1 rings (SSSR count). The third-order valence-corrected chi connectivity index (χ3v) is 3.09. The smallest absolute Gasteiger partial charge is 0.370 e. The number of hydrogen-bond acceptors (Lipinski definition) is 2. The summed E-state index contributed by atoms with van der Waals surface area (Å²) in [4.78, 5) is 3.90. The molecule has 108 valence electrons. The summed E-state index contributed by atoms with van der Waals surface area (Å²) in [6, 6.07) is 1.99. The molecule has 0 amide bonds. The van der Waals surface area contributed by atoms with Crippen LogP contribution in [0.25, 0.3) is 0 Å². The van der Waals surface area contributed by atoms with Gasteiger partial charge in [-0.05, 0) is 30.4 Å². The summed E-state index contributed by atoms with van der Waals surface area (Å²) in [5, 5.41) is 2.95. The number of alkyl halides is 4. The molecule has 0 spiro atoms. The summed E-state index contributed by atoms with van der Waals surface area (Å²) >= 11 is 5.64. The molecule has 0 radical (unpaired) electrons. The van der Waals surface area contributed by atoms with Gasteiger partial charge in [-0.25, -0.2) is 4.98 Å². The van der Waals surface area contributed by atoms with Crippen LogP contribution >= 0.6 is 11.6 Å². The number of halogens is 4. The van der Waals surface area contributed by atoms with Crippen LogP contribution in [-0.2, 0) is 6.18 Å².